The minimum absolute atomic E-state index is 0.0171. The standard InChI is InChI=1S/C27H31Cl3N2O6/c28-27(29,30)25(34)31-21-3-1-2-20(14-21)24-37-22(15-23(38-24)19-6-4-18(17-33)5-7-19)16-32-10-8-26(9-11-32)35-12-13-36-26/h1-7,14,22-24,33H,8-13,15-17H2,(H,31,34)/t22-,23+,24+/m0/s1. The maximum absolute atomic E-state index is 12.2. The summed E-state index contributed by atoms with van der Waals surface area (Å²) in [6.45, 7) is 3.76. The molecule has 3 fully saturated rings. The smallest absolute Gasteiger partial charge is 0.276 e. The highest BCUT2D eigenvalue weighted by molar-refractivity contribution is 6.76. The van der Waals surface area contributed by atoms with Crippen LogP contribution in [0, 0.1) is 0 Å². The summed E-state index contributed by atoms with van der Waals surface area (Å²) < 4.78 is 22.6. The van der Waals surface area contributed by atoms with E-state index in [1.165, 1.54) is 0 Å². The fourth-order valence-corrected chi connectivity index (χ4v) is 5.29. The molecule has 0 radical (unpaired) electrons. The molecule has 3 aliphatic rings. The summed E-state index contributed by atoms with van der Waals surface area (Å²) in [4.78, 5) is 14.5. The van der Waals surface area contributed by atoms with E-state index in [1.54, 1.807) is 18.2 Å². The van der Waals surface area contributed by atoms with E-state index in [4.69, 9.17) is 53.8 Å². The fraction of sp³-hybridized carbons (Fsp3) is 0.519. The van der Waals surface area contributed by atoms with E-state index < -0.39 is 21.8 Å². The average molecular weight is 586 g/mol. The molecule has 0 saturated carbocycles. The number of rotatable bonds is 6. The monoisotopic (exact) mass is 584 g/mol. The number of carbonyl (C=O) groups is 1. The quantitative estimate of drug-likeness (QED) is 0.468. The Hall–Kier alpha value is -1.46. The van der Waals surface area contributed by atoms with E-state index in [1.807, 2.05) is 30.3 Å². The Kier molecular flexibility index (Phi) is 8.84. The highest BCUT2D eigenvalue weighted by Crippen LogP contribution is 2.40. The molecule has 3 aliphatic heterocycles. The van der Waals surface area contributed by atoms with Crippen LogP contribution in [0.1, 0.15) is 48.3 Å². The van der Waals surface area contributed by atoms with Gasteiger partial charge in [0, 0.05) is 50.1 Å². The maximum Gasteiger partial charge on any atom is 0.276 e. The number of hydrogen-bond donors (Lipinski definition) is 2. The Morgan fingerprint density at radius 3 is 2.39 bits per heavy atom. The summed E-state index contributed by atoms with van der Waals surface area (Å²) in [5.41, 5.74) is 3.05. The number of amides is 1. The highest BCUT2D eigenvalue weighted by Gasteiger charge is 2.41. The van der Waals surface area contributed by atoms with Crippen LogP contribution in [0.25, 0.3) is 0 Å². The molecule has 0 unspecified atom stereocenters. The van der Waals surface area contributed by atoms with Crippen molar-refractivity contribution in [3.8, 4) is 0 Å². The number of piperidine rings is 1. The number of aliphatic hydroxyl groups excluding tert-OH is 1. The van der Waals surface area contributed by atoms with Gasteiger partial charge in [-0.1, -0.05) is 71.2 Å². The molecular formula is C27H31Cl3N2O6. The van der Waals surface area contributed by atoms with Crippen LogP contribution in [-0.4, -0.2) is 64.4 Å². The Morgan fingerprint density at radius 1 is 1.03 bits per heavy atom. The molecule has 206 valence electrons. The van der Waals surface area contributed by atoms with Gasteiger partial charge in [0.05, 0.1) is 32.0 Å². The van der Waals surface area contributed by atoms with Crippen molar-refractivity contribution in [1.82, 2.24) is 4.90 Å². The highest BCUT2D eigenvalue weighted by atomic mass is 35.6. The summed E-state index contributed by atoms with van der Waals surface area (Å²) in [6.07, 6.45) is 1.35. The molecule has 2 aromatic rings. The zero-order valence-corrected chi connectivity index (χ0v) is 23.1. The molecule has 1 spiro atoms. The van der Waals surface area contributed by atoms with Gasteiger partial charge < -0.3 is 34.3 Å². The molecule has 2 N–H and O–H groups in total. The summed E-state index contributed by atoms with van der Waals surface area (Å²) in [5.74, 6) is -1.17. The molecule has 3 atom stereocenters. The third-order valence-electron chi connectivity index (χ3n) is 7.18. The number of likely N-dealkylation sites (tertiary alicyclic amines) is 1. The van der Waals surface area contributed by atoms with Crippen LogP contribution < -0.4 is 5.32 Å². The van der Waals surface area contributed by atoms with Crippen molar-refractivity contribution < 1.29 is 28.8 Å². The third kappa shape index (κ3) is 6.81. The molecule has 0 aliphatic carbocycles. The van der Waals surface area contributed by atoms with Crippen LogP contribution in [0.5, 0.6) is 0 Å². The number of ether oxygens (including phenoxy) is 4. The summed E-state index contributed by atoms with van der Waals surface area (Å²) in [5, 5.41) is 12.1. The number of hydrogen-bond acceptors (Lipinski definition) is 7. The second-order valence-electron chi connectivity index (χ2n) is 9.84. The lowest BCUT2D eigenvalue weighted by atomic mass is 9.98. The van der Waals surface area contributed by atoms with Gasteiger partial charge >= 0.3 is 0 Å². The molecule has 0 bridgehead atoms. The number of carbonyl (C=O) groups excluding carboxylic acids is 1. The van der Waals surface area contributed by atoms with Crippen molar-refractivity contribution in [1.29, 1.82) is 0 Å². The number of nitrogens with one attached hydrogen (secondary N) is 1. The molecule has 3 saturated heterocycles. The first-order valence-corrected chi connectivity index (χ1v) is 13.9. The first kappa shape index (κ1) is 28.1. The Morgan fingerprint density at radius 2 is 1.74 bits per heavy atom. The second kappa shape index (κ2) is 12.0. The minimum Gasteiger partial charge on any atom is -0.392 e. The molecule has 2 aromatic carbocycles. The lowest BCUT2D eigenvalue weighted by Crippen LogP contribution is -2.48. The largest absolute Gasteiger partial charge is 0.392 e. The van der Waals surface area contributed by atoms with Gasteiger partial charge in [-0.25, -0.2) is 0 Å². The normalized spacial score (nSPS) is 25.9. The molecule has 38 heavy (non-hydrogen) atoms. The van der Waals surface area contributed by atoms with Crippen LogP contribution in [0.4, 0.5) is 5.69 Å². The minimum atomic E-state index is -2.08. The van der Waals surface area contributed by atoms with E-state index in [2.05, 4.69) is 10.2 Å². The zero-order valence-electron chi connectivity index (χ0n) is 20.8. The SMILES string of the molecule is O=C(Nc1cccc([C@@H]2O[C@H](CN3CCC4(CC3)OCCO4)C[C@H](c3ccc(CO)cc3)O2)c1)C(Cl)(Cl)Cl. The molecule has 0 aromatic heterocycles. The van der Waals surface area contributed by atoms with Gasteiger partial charge in [-0.05, 0) is 23.3 Å². The first-order chi connectivity index (χ1) is 18.2. The average Bonchev–Trinajstić information content (AvgIpc) is 3.37. The van der Waals surface area contributed by atoms with E-state index in [9.17, 15) is 9.90 Å². The second-order valence-corrected chi connectivity index (χ2v) is 12.1. The van der Waals surface area contributed by atoms with Crippen molar-refractivity contribution in [2.45, 2.75) is 53.9 Å². The predicted octanol–water partition coefficient (Wildman–Crippen LogP) is 4.87. The maximum atomic E-state index is 12.2. The number of halogens is 3. The molecular weight excluding hydrogens is 555 g/mol. The van der Waals surface area contributed by atoms with Crippen LogP contribution in [0.3, 0.4) is 0 Å². The van der Waals surface area contributed by atoms with E-state index in [0.717, 1.165) is 49.2 Å². The predicted molar refractivity (Wildman–Crippen MR) is 144 cm³/mol. The molecule has 11 heteroatoms. The van der Waals surface area contributed by atoms with Gasteiger partial charge in [0.1, 0.15) is 0 Å². The van der Waals surface area contributed by atoms with Crippen molar-refractivity contribution in [2.24, 2.45) is 0 Å². The topological polar surface area (TPSA) is 89.5 Å². The van der Waals surface area contributed by atoms with Gasteiger partial charge in [0.2, 0.25) is 0 Å². The summed E-state index contributed by atoms with van der Waals surface area (Å²) in [7, 11) is 0. The van der Waals surface area contributed by atoms with Crippen LogP contribution in [0.15, 0.2) is 48.5 Å². The van der Waals surface area contributed by atoms with E-state index in [-0.39, 0.29) is 18.8 Å². The van der Waals surface area contributed by atoms with Gasteiger partial charge in [0.15, 0.2) is 12.1 Å². The van der Waals surface area contributed by atoms with Gasteiger partial charge in [-0.2, -0.15) is 0 Å². The van der Waals surface area contributed by atoms with Crippen LogP contribution in [0.2, 0.25) is 0 Å². The van der Waals surface area contributed by atoms with Crippen LogP contribution in [-0.2, 0) is 30.3 Å². The van der Waals surface area contributed by atoms with Crippen molar-refractivity contribution in [2.75, 3.05) is 38.2 Å². The summed E-state index contributed by atoms with van der Waals surface area (Å²) >= 11 is 17.1. The van der Waals surface area contributed by atoms with Gasteiger partial charge in [0.25, 0.3) is 9.70 Å². The Bertz CT molecular complexity index is 1100. The number of aliphatic hydroxyl groups is 1. The first-order valence-electron chi connectivity index (χ1n) is 12.7. The van der Waals surface area contributed by atoms with Crippen molar-refractivity contribution >= 4 is 46.4 Å². The van der Waals surface area contributed by atoms with Gasteiger partial charge in [-0.3, -0.25) is 4.79 Å². The van der Waals surface area contributed by atoms with E-state index >= 15 is 0 Å². The van der Waals surface area contributed by atoms with E-state index in [0.29, 0.717) is 25.3 Å². The number of nitrogens with zero attached hydrogens (tertiary/aromatic N) is 1. The zero-order chi connectivity index (χ0) is 26.8. The molecule has 5 rings (SSSR count). The fourth-order valence-electron chi connectivity index (χ4n) is 5.15. The number of alkyl halides is 3. The van der Waals surface area contributed by atoms with Crippen molar-refractivity contribution in [3.05, 3.63) is 65.2 Å². The number of benzene rings is 2. The molecule has 3 heterocycles. The lowest BCUT2D eigenvalue weighted by molar-refractivity contribution is -0.255. The molecule has 1 amide bonds. The number of anilines is 1. The van der Waals surface area contributed by atoms with Gasteiger partial charge in [-0.15, -0.1) is 0 Å². The summed E-state index contributed by atoms with van der Waals surface area (Å²) in [6, 6.07) is 14.9. The molecule has 8 nitrogen and oxygen atoms in total. The van der Waals surface area contributed by atoms with Crippen molar-refractivity contribution in [3.63, 3.8) is 0 Å². The van der Waals surface area contributed by atoms with Crippen LogP contribution >= 0.6 is 34.8 Å². The Labute approximate surface area is 237 Å². The lowest BCUT2D eigenvalue weighted by Gasteiger charge is -2.41. The Balaban J connectivity index is 1.32. The third-order valence-corrected chi connectivity index (χ3v) is 7.70.